The van der Waals surface area contributed by atoms with E-state index in [2.05, 4.69) is 0 Å². The zero-order valence-corrected chi connectivity index (χ0v) is 13.0. The van der Waals surface area contributed by atoms with Gasteiger partial charge in [-0.25, -0.2) is 0 Å². The fraction of sp³-hybridized carbons (Fsp3) is 0.250. The number of methoxy groups -OCH3 is 1. The molecule has 2 aromatic rings. The predicted molar refractivity (Wildman–Crippen MR) is 85.4 cm³/mol. The maximum absolute atomic E-state index is 12.2. The molecule has 112 valence electrons. The van der Waals surface area contributed by atoms with Gasteiger partial charge in [0.2, 0.25) is 0 Å². The zero-order chi connectivity index (χ0) is 15.2. The average Bonchev–Trinajstić information content (AvgIpc) is 2.50. The average molecular weight is 305 g/mol. The van der Waals surface area contributed by atoms with Crippen LogP contribution in [0.15, 0.2) is 47.4 Å². The number of nitrogens with two attached hydrogens (primary N) is 1. The maximum atomic E-state index is 12.2. The molecule has 0 saturated carbocycles. The van der Waals surface area contributed by atoms with Crippen molar-refractivity contribution >= 4 is 16.5 Å². The molecule has 1 atom stereocenters. The first-order chi connectivity index (χ1) is 10.1. The first-order valence-electron chi connectivity index (χ1n) is 6.62. The van der Waals surface area contributed by atoms with E-state index in [-0.39, 0.29) is 0 Å². The van der Waals surface area contributed by atoms with Gasteiger partial charge in [0.1, 0.15) is 18.1 Å². The summed E-state index contributed by atoms with van der Waals surface area (Å²) in [5.41, 5.74) is 7.49. The van der Waals surface area contributed by atoms with Gasteiger partial charge in [0.15, 0.2) is 0 Å². The monoisotopic (exact) mass is 305 g/mol. The van der Waals surface area contributed by atoms with E-state index in [0.717, 1.165) is 17.1 Å². The standard InChI is InChI=1S/C16H19NO3S/c1-12-4-3-5-15(16(12)17)21(18)11-10-20-14-8-6-13(19-2)7-9-14/h3-9H,10-11,17H2,1-2H3. The molecule has 0 heterocycles. The third-order valence-electron chi connectivity index (χ3n) is 3.13. The molecule has 2 aromatic carbocycles. The van der Waals surface area contributed by atoms with Crippen molar-refractivity contribution in [3.05, 3.63) is 48.0 Å². The molecular formula is C16H19NO3S. The lowest BCUT2D eigenvalue weighted by molar-refractivity contribution is 0.341. The molecule has 0 spiro atoms. The number of benzene rings is 2. The first kappa shape index (κ1) is 15.4. The number of aryl methyl sites for hydroxylation is 1. The van der Waals surface area contributed by atoms with E-state index in [4.69, 9.17) is 15.2 Å². The van der Waals surface area contributed by atoms with Crippen LogP contribution >= 0.6 is 0 Å². The van der Waals surface area contributed by atoms with Crippen LogP contribution in [0.3, 0.4) is 0 Å². The van der Waals surface area contributed by atoms with Crippen LogP contribution in [0.1, 0.15) is 5.56 Å². The second-order valence-electron chi connectivity index (χ2n) is 4.56. The summed E-state index contributed by atoms with van der Waals surface area (Å²) in [7, 11) is 0.457. The van der Waals surface area contributed by atoms with Gasteiger partial charge < -0.3 is 15.2 Å². The quantitative estimate of drug-likeness (QED) is 0.834. The van der Waals surface area contributed by atoms with Gasteiger partial charge in [-0.15, -0.1) is 0 Å². The van der Waals surface area contributed by atoms with Crippen molar-refractivity contribution in [3.8, 4) is 11.5 Å². The molecule has 0 aliphatic rings. The Bertz CT molecular complexity index is 626. The Morgan fingerprint density at radius 1 is 1.10 bits per heavy atom. The molecule has 0 radical (unpaired) electrons. The SMILES string of the molecule is COc1ccc(OCCS(=O)c2cccc(C)c2N)cc1. The van der Waals surface area contributed by atoms with E-state index < -0.39 is 10.8 Å². The van der Waals surface area contributed by atoms with Crippen LogP contribution in [0.25, 0.3) is 0 Å². The molecule has 2 N–H and O–H groups in total. The minimum absolute atomic E-state index is 0.367. The van der Waals surface area contributed by atoms with Crippen LogP contribution in [0, 0.1) is 6.92 Å². The van der Waals surface area contributed by atoms with Crippen molar-refractivity contribution in [1.82, 2.24) is 0 Å². The smallest absolute Gasteiger partial charge is 0.119 e. The van der Waals surface area contributed by atoms with Gasteiger partial charge in [0, 0.05) is 0 Å². The Hall–Kier alpha value is -2.01. The lowest BCUT2D eigenvalue weighted by Crippen LogP contribution is -2.10. The Morgan fingerprint density at radius 2 is 1.76 bits per heavy atom. The summed E-state index contributed by atoms with van der Waals surface area (Å²) < 4.78 is 22.9. The lowest BCUT2D eigenvalue weighted by atomic mass is 10.2. The van der Waals surface area contributed by atoms with Crippen molar-refractivity contribution in [2.24, 2.45) is 0 Å². The number of anilines is 1. The maximum Gasteiger partial charge on any atom is 0.119 e. The van der Waals surface area contributed by atoms with E-state index in [1.807, 2.05) is 43.3 Å². The minimum atomic E-state index is -1.16. The Kier molecular flexibility index (Phi) is 5.22. The Labute approximate surface area is 127 Å². The summed E-state index contributed by atoms with van der Waals surface area (Å²) in [4.78, 5) is 0.674. The number of nitrogen functional groups attached to an aromatic ring is 1. The van der Waals surface area contributed by atoms with Gasteiger partial charge >= 0.3 is 0 Å². The van der Waals surface area contributed by atoms with Gasteiger partial charge in [-0.05, 0) is 42.8 Å². The molecule has 0 aliphatic carbocycles. The highest BCUT2D eigenvalue weighted by Gasteiger charge is 2.09. The van der Waals surface area contributed by atoms with Crippen LogP contribution in [0.4, 0.5) is 5.69 Å². The molecule has 21 heavy (non-hydrogen) atoms. The van der Waals surface area contributed by atoms with Crippen LogP contribution < -0.4 is 15.2 Å². The number of ether oxygens (including phenoxy) is 2. The molecule has 0 aromatic heterocycles. The molecule has 2 rings (SSSR count). The molecule has 0 saturated heterocycles. The van der Waals surface area contributed by atoms with Gasteiger partial charge in [0.05, 0.1) is 34.2 Å². The van der Waals surface area contributed by atoms with Crippen LogP contribution in [-0.4, -0.2) is 23.7 Å². The summed E-state index contributed by atoms with van der Waals surface area (Å²) in [5, 5.41) is 0. The molecule has 0 aliphatic heterocycles. The number of para-hydroxylation sites is 1. The summed E-state index contributed by atoms with van der Waals surface area (Å²) in [5.74, 6) is 1.91. The van der Waals surface area contributed by atoms with E-state index in [1.165, 1.54) is 0 Å². The summed E-state index contributed by atoms with van der Waals surface area (Å²) in [6.07, 6.45) is 0. The van der Waals surface area contributed by atoms with Crippen molar-refractivity contribution in [2.75, 3.05) is 25.2 Å². The summed E-state index contributed by atoms with van der Waals surface area (Å²) >= 11 is 0. The van der Waals surface area contributed by atoms with Gasteiger partial charge in [0.25, 0.3) is 0 Å². The highest BCUT2D eigenvalue weighted by molar-refractivity contribution is 7.85. The lowest BCUT2D eigenvalue weighted by Gasteiger charge is -2.09. The van der Waals surface area contributed by atoms with Gasteiger partial charge in [-0.3, -0.25) is 4.21 Å². The highest BCUT2D eigenvalue weighted by atomic mass is 32.2. The highest BCUT2D eigenvalue weighted by Crippen LogP contribution is 2.21. The van der Waals surface area contributed by atoms with Crippen LogP contribution in [-0.2, 0) is 10.8 Å². The Morgan fingerprint density at radius 3 is 2.43 bits per heavy atom. The zero-order valence-electron chi connectivity index (χ0n) is 12.2. The second-order valence-corrected chi connectivity index (χ2v) is 6.10. The van der Waals surface area contributed by atoms with Crippen molar-refractivity contribution in [2.45, 2.75) is 11.8 Å². The van der Waals surface area contributed by atoms with E-state index in [0.29, 0.717) is 22.9 Å². The predicted octanol–water partition coefficient (Wildman–Crippen LogP) is 2.77. The largest absolute Gasteiger partial charge is 0.497 e. The number of hydrogen-bond acceptors (Lipinski definition) is 4. The fourth-order valence-electron chi connectivity index (χ4n) is 1.87. The van der Waals surface area contributed by atoms with Crippen LogP contribution in [0.2, 0.25) is 0 Å². The summed E-state index contributed by atoms with van der Waals surface area (Å²) in [6.45, 7) is 2.27. The van der Waals surface area contributed by atoms with E-state index in [1.54, 1.807) is 13.2 Å². The molecule has 1 unspecified atom stereocenters. The fourth-order valence-corrected chi connectivity index (χ4v) is 2.96. The number of hydrogen-bond donors (Lipinski definition) is 1. The molecular weight excluding hydrogens is 286 g/mol. The van der Waals surface area contributed by atoms with Gasteiger partial charge in [-0.1, -0.05) is 12.1 Å². The first-order valence-corrected chi connectivity index (χ1v) is 7.94. The van der Waals surface area contributed by atoms with Crippen LogP contribution in [0.5, 0.6) is 11.5 Å². The topological polar surface area (TPSA) is 61.5 Å². The third kappa shape index (κ3) is 3.98. The molecule has 0 amide bonds. The van der Waals surface area contributed by atoms with E-state index in [9.17, 15) is 4.21 Å². The molecule has 0 bridgehead atoms. The third-order valence-corrected chi connectivity index (χ3v) is 4.51. The molecule has 5 heteroatoms. The number of rotatable bonds is 6. The van der Waals surface area contributed by atoms with Crippen molar-refractivity contribution in [1.29, 1.82) is 0 Å². The molecule has 0 fully saturated rings. The van der Waals surface area contributed by atoms with Crippen molar-refractivity contribution in [3.63, 3.8) is 0 Å². The minimum Gasteiger partial charge on any atom is -0.497 e. The second kappa shape index (κ2) is 7.13. The normalized spacial score (nSPS) is 11.9. The Balaban J connectivity index is 1.90. The van der Waals surface area contributed by atoms with E-state index >= 15 is 0 Å². The van der Waals surface area contributed by atoms with Crippen molar-refractivity contribution < 1.29 is 13.7 Å². The van der Waals surface area contributed by atoms with Gasteiger partial charge in [-0.2, -0.15) is 0 Å². The summed E-state index contributed by atoms with van der Waals surface area (Å²) in [6, 6.07) is 12.9. The molecule has 4 nitrogen and oxygen atoms in total.